The molecule has 9 heteroatoms. The van der Waals surface area contributed by atoms with E-state index in [1.807, 2.05) is 0 Å². The van der Waals surface area contributed by atoms with E-state index in [2.05, 4.69) is 27.2 Å². The molecule has 0 spiro atoms. The summed E-state index contributed by atoms with van der Waals surface area (Å²) in [5, 5.41) is 5.60. The Morgan fingerprint density at radius 2 is 1.93 bits per heavy atom. The molecule has 4 nitrogen and oxygen atoms in total. The minimum absolute atomic E-state index is 0.00444. The number of halogens is 5. The average molecular weight is 429 g/mol. The average Bonchev–Trinajstić information content (AvgIpc) is 2.68. The van der Waals surface area contributed by atoms with Crippen molar-refractivity contribution >= 4 is 28.9 Å². The maximum Gasteiger partial charge on any atom is 0.434 e. The largest absolute Gasteiger partial charge is 0.434 e. The van der Waals surface area contributed by atoms with Gasteiger partial charge in [0, 0.05) is 24.0 Å². The van der Waals surface area contributed by atoms with E-state index in [1.165, 1.54) is 12.5 Å². The first kappa shape index (κ1) is 21.4. The zero-order valence-corrected chi connectivity index (χ0v) is 16.4. The van der Waals surface area contributed by atoms with E-state index in [-0.39, 0.29) is 27.9 Å². The van der Waals surface area contributed by atoms with Gasteiger partial charge in [-0.25, -0.2) is 14.4 Å². The van der Waals surface area contributed by atoms with Crippen molar-refractivity contribution in [2.75, 3.05) is 11.9 Å². The minimum atomic E-state index is -4.70. The predicted octanol–water partition coefficient (Wildman–Crippen LogP) is 6.17. The molecule has 1 aliphatic carbocycles. The van der Waals surface area contributed by atoms with Gasteiger partial charge in [-0.05, 0) is 37.0 Å². The van der Waals surface area contributed by atoms with Crippen LogP contribution in [0, 0.1) is 11.7 Å². The topological polar surface area (TPSA) is 49.8 Å². The van der Waals surface area contributed by atoms with Crippen molar-refractivity contribution < 1.29 is 17.6 Å². The van der Waals surface area contributed by atoms with Crippen molar-refractivity contribution in [2.45, 2.75) is 38.3 Å². The monoisotopic (exact) mass is 428 g/mol. The summed E-state index contributed by atoms with van der Waals surface area (Å²) in [5.74, 6) is -0.430. The van der Waals surface area contributed by atoms with E-state index in [0.717, 1.165) is 44.0 Å². The Morgan fingerprint density at radius 3 is 2.59 bits per heavy atom. The lowest BCUT2D eigenvalue weighted by Gasteiger charge is -2.23. The molecule has 1 aromatic carbocycles. The third-order valence-electron chi connectivity index (χ3n) is 4.89. The van der Waals surface area contributed by atoms with Crippen LogP contribution in [0.2, 0.25) is 5.02 Å². The summed E-state index contributed by atoms with van der Waals surface area (Å²) in [6, 6.07) is 3.47. The number of aromatic nitrogens is 2. The quantitative estimate of drug-likeness (QED) is 0.540. The lowest BCUT2D eigenvalue weighted by molar-refractivity contribution is -0.141. The maximum atomic E-state index is 13.6. The van der Waals surface area contributed by atoms with Crippen LogP contribution in [-0.4, -0.2) is 16.5 Å². The predicted molar refractivity (Wildman–Crippen MR) is 105 cm³/mol. The van der Waals surface area contributed by atoms with E-state index in [0.29, 0.717) is 12.5 Å². The van der Waals surface area contributed by atoms with Gasteiger partial charge in [-0.15, -0.1) is 0 Å². The van der Waals surface area contributed by atoms with Gasteiger partial charge in [0.05, 0.1) is 10.7 Å². The Morgan fingerprint density at radius 1 is 1.21 bits per heavy atom. The molecule has 0 amide bonds. The molecule has 0 bridgehead atoms. The molecular formula is C20H21ClF4N4. The fourth-order valence-electron chi connectivity index (χ4n) is 3.34. The van der Waals surface area contributed by atoms with Crippen molar-refractivity contribution in [3.05, 3.63) is 53.1 Å². The van der Waals surface area contributed by atoms with Crippen molar-refractivity contribution in [1.29, 1.82) is 0 Å². The highest BCUT2D eigenvalue weighted by Crippen LogP contribution is 2.34. The second kappa shape index (κ2) is 8.98. The van der Waals surface area contributed by atoms with Crippen LogP contribution in [0.5, 0.6) is 0 Å². The lowest BCUT2D eigenvalue weighted by atomic mass is 9.89. The van der Waals surface area contributed by atoms with Crippen LogP contribution < -0.4 is 10.6 Å². The summed E-state index contributed by atoms with van der Waals surface area (Å²) in [4.78, 5) is 7.57. The van der Waals surface area contributed by atoms with E-state index >= 15 is 0 Å². The summed E-state index contributed by atoms with van der Waals surface area (Å²) in [7, 11) is 0. The highest BCUT2D eigenvalue weighted by molar-refractivity contribution is 6.33. The first-order valence-electron chi connectivity index (χ1n) is 9.33. The van der Waals surface area contributed by atoms with Crippen LogP contribution in [-0.2, 0) is 6.18 Å². The molecule has 0 radical (unpaired) electrons. The molecule has 2 aromatic rings. The molecule has 1 fully saturated rings. The second-order valence-corrected chi connectivity index (χ2v) is 7.47. The van der Waals surface area contributed by atoms with E-state index < -0.39 is 17.7 Å². The highest BCUT2D eigenvalue weighted by atomic mass is 35.5. The maximum absolute atomic E-state index is 13.6. The number of nitrogens with one attached hydrogen (secondary N) is 2. The van der Waals surface area contributed by atoms with Crippen LogP contribution >= 0.6 is 11.6 Å². The highest BCUT2D eigenvalue weighted by Gasteiger charge is 2.37. The second-order valence-electron chi connectivity index (χ2n) is 7.07. The number of anilines is 2. The SMILES string of the molecule is C=C(NCC1CCCCC1)c1cnc(Nc2ccc(F)cc2Cl)nc1C(F)(F)F. The first-order chi connectivity index (χ1) is 13.7. The molecule has 0 aliphatic heterocycles. The third-order valence-corrected chi connectivity index (χ3v) is 5.20. The summed E-state index contributed by atoms with van der Waals surface area (Å²) in [6.45, 7) is 4.32. The Kier molecular flexibility index (Phi) is 6.62. The number of alkyl halides is 3. The molecule has 1 saturated carbocycles. The van der Waals surface area contributed by atoms with Crippen LogP contribution in [0.25, 0.3) is 5.70 Å². The van der Waals surface area contributed by atoms with Gasteiger partial charge in [0.2, 0.25) is 5.95 Å². The van der Waals surface area contributed by atoms with Crippen molar-refractivity contribution in [1.82, 2.24) is 15.3 Å². The molecule has 2 N–H and O–H groups in total. The molecule has 0 unspecified atom stereocenters. The molecule has 0 saturated heterocycles. The molecule has 29 heavy (non-hydrogen) atoms. The van der Waals surface area contributed by atoms with Gasteiger partial charge in [-0.3, -0.25) is 0 Å². The number of nitrogens with zero attached hydrogens (tertiary/aromatic N) is 2. The molecule has 1 heterocycles. The lowest BCUT2D eigenvalue weighted by Crippen LogP contribution is -2.25. The molecule has 1 aliphatic rings. The fraction of sp³-hybridized carbons (Fsp3) is 0.400. The molecule has 3 rings (SSSR count). The van der Waals surface area contributed by atoms with E-state index in [4.69, 9.17) is 11.6 Å². The summed E-state index contributed by atoms with van der Waals surface area (Å²) in [6.07, 6.45) is 1.98. The van der Waals surface area contributed by atoms with Gasteiger partial charge in [0.1, 0.15) is 5.82 Å². The minimum Gasteiger partial charge on any atom is -0.385 e. The third kappa shape index (κ3) is 5.59. The molecule has 0 atom stereocenters. The van der Waals surface area contributed by atoms with E-state index in [9.17, 15) is 17.6 Å². The van der Waals surface area contributed by atoms with Gasteiger partial charge >= 0.3 is 6.18 Å². The molecular weight excluding hydrogens is 408 g/mol. The fourth-order valence-corrected chi connectivity index (χ4v) is 3.56. The number of hydrogen-bond donors (Lipinski definition) is 2. The van der Waals surface area contributed by atoms with Gasteiger partial charge < -0.3 is 10.6 Å². The number of benzene rings is 1. The van der Waals surface area contributed by atoms with Crippen LogP contribution in [0.3, 0.4) is 0 Å². The smallest absolute Gasteiger partial charge is 0.385 e. The zero-order valence-electron chi connectivity index (χ0n) is 15.6. The standard InChI is InChI=1S/C20H21ClF4N4/c1-12(26-10-13-5-3-2-4-6-13)15-11-27-19(29-18(15)20(23,24)25)28-17-8-7-14(22)9-16(17)21/h7-9,11,13,26H,1-6,10H2,(H,27,28,29). The number of hydrogen-bond acceptors (Lipinski definition) is 4. The van der Waals surface area contributed by atoms with Crippen LogP contribution in [0.4, 0.5) is 29.2 Å². The first-order valence-corrected chi connectivity index (χ1v) is 9.71. The Balaban J connectivity index is 1.79. The van der Waals surface area contributed by atoms with Gasteiger partial charge in [-0.2, -0.15) is 13.2 Å². The van der Waals surface area contributed by atoms with Crippen molar-refractivity contribution in [3.8, 4) is 0 Å². The van der Waals surface area contributed by atoms with Gasteiger partial charge in [0.25, 0.3) is 0 Å². The van der Waals surface area contributed by atoms with Gasteiger partial charge in [0.15, 0.2) is 5.69 Å². The van der Waals surface area contributed by atoms with E-state index in [1.54, 1.807) is 0 Å². The summed E-state index contributed by atoms with van der Waals surface area (Å²) in [5.41, 5.74) is -0.976. The summed E-state index contributed by atoms with van der Waals surface area (Å²) >= 11 is 5.90. The summed E-state index contributed by atoms with van der Waals surface area (Å²) < 4.78 is 53.9. The van der Waals surface area contributed by atoms with Crippen molar-refractivity contribution in [2.24, 2.45) is 5.92 Å². The van der Waals surface area contributed by atoms with Crippen LogP contribution in [0.1, 0.15) is 43.4 Å². The van der Waals surface area contributed by atoms with Crippen LogP contribution in [0.15, 0.2) is 31.0 Å². The Labute approximate surface area is 171 Å². The Hall–Kier alpha value is -2.35. The Bertz CT molecular complexity index is 879. The van der Waals surface area contributed by atoms with Gasteiger partial charge in [-0.1, -0.05) is 37.4 Å². The van der Waals surface area contributed by atoms with Crippen molar-refractivity contribution in [3.63, 3.8) is 0 Å². The molecule has 156 valence electrons. The normalized spacial score (nSPS) is 15.2. The number of rotatable bonds is 6. The molecule has 1 aromatic heterocycles. The zero-order chi connectivity index (χ0) is 21.0.